The number of aromatic amines is 1. The van der Waals surface area contributed by atoms with Crippen LogP contribution in [0.4, 0.5) is 11.5 Å². The van der Waals surface area contributed by atoms with Crippen molar-refractivity contribution in [1.29, 1.82) is 0 Å². The fraction of sp³-hybridized carbons (Fsp3) is 0.294. The van der Waals surface area contributed by atoms with E-state index >= 15 is 0 Å². The van der Waals surface area contributed by atoms with Gasteiger partial charge in [0.25, 0.3) is 0 Å². The third-order valence-electron chi connectivity index (χ3n) is 3.94. The van der Waals surface area contributed by atoms with Crippen LogP contribution in [0.15, 0.2) is 42.6 Å². The number of imidazole rings is 1. The van der Waals surface area contributed by atoms with Crippen LogP contribution in [0.3, 0.4) is 0 Å². The number of hydrogen-bond acceptors (Lipinski definition) is 4. The molecule has 0 aliphatic heterocycles. The molecule has 3 aromatic rings. The molecule has 0 amide bonds. The number of hydrogen-bond donors (Lipinski definition) is 3. The van der Waals surface area contributed by atoms with Crippen molar-refractivity contribution in [3.63, 3.8) is 0 Å². The van der Waals surface area contributed by atoms with Crippen molar-refractivity contribution in [3.05, 3.63) is 42.6 Å². The second kappa shape index (κ2) is 6.26. The molecule has 0 radical (unpaired) electrons. The van der Waals surface area contributed by atoms with Crippen molar-refractivity contribution < 1.29 is 10.1 Å². The van der Waals surface area contributed by atoms with Crippen LogP contribution in [0, 0.1) is 5.92 Å². The maximum atomic E-state index is 9.48. The smallest absolute Gasteiger partial charge is 0.305 e. The van der Waals surface area contributed by atoms with E-state index in [-0.39, 0.29) is 12.6 Å². The number of H-pyrrole nitrogens is 1. The Hall–Kier alpha value is -2.60. The van der Waals surface area contributed by atoms with Gasteiger partial charge in [0.2, 0.25) is 5.69 Å². The number of nitrogens with one attached hydrogen (secondary N) is 2. The molecule has 0 saturated heterocycles. The van der Waals surface area contributed by atoms with Crippen LogP contribution in [0.2, 0.25) is 0 Å². The number of nitrogens with two attached hydrogens (primary N) is 1. The topological polar surface area (TPSA) is 89.7 Å². The number of rotatable bonds is 5. The predicted molar refractivity (Wildman–Crippen MR) is 90.9 cm³/mol. The van der Waals surface area contributed by atoms with E-state index in [9.17, 15) is 5.11 Å². The van der Waals surface area contributed by atoms with Crippen molar-refractivity contribution in [2.75, 3.05) is 17.7 Å². The summed E-state index contributed by atoms with van der Waals surface area (Å²) in [6, 6.07) is 11.5. The molecule has 0 saturated carbocycles. The normalized spacial score (nSPS) is 12.7. The van der Waals surface area contributed by atoms with Crippen LogP contribution in [0.1, 0.15) is 13.8 Å². The van der Waals surface area contributed by atoms with Gasteiger partial charge in [0.05, 0.1) is 12.6 Å². The number of benzene rings is 1. The highest BCUT2D eigenvalue weighted by Crippen LogP contribution is 2.21. The van der Waals surface area contributed by atoms with Crippen LogP contribution in [0.5, 0.6) is 0 Å². The molecule has 0 spiro atoms. The summed E-state index contributed by atoms with van der Waals surface area (Å²) in [6.45, 7) is 4.19. The first-order chi connectivity index (χ1) is 11.1. The number of fused-ring (bicyclic) bond motifs is 1. The quantitative estimate of drug-likeness (QED) is 0.627. The molecule has 6 nitrogen and oxygen atoms in total. The molecule has 0 aliphatic carbocycles. The molecule has 6 heteroatoms. The maximum Gasteiger partial charge on any atom is 0.305 e. The fourth-order valence-corrected chi connectivity index (χ4v) is 2.51. The minimum Gasteiger partial charge on any atom is -0.399 e. The Kier molecular flexibility index (Phi) is 4.16. The minimum atomic E-state index is -0.0321. The van der Waals surface area contributed by atoms with Gasteiger partial charge in [-0.25, -0.2) is 4.98 Å². The standard InChI is InChI=1S/C17H21N5O/c1-11(2)14(10-23)20-16-6-7-17-19-9-15(22(17)21-16)12-4-3-5-13(18)8-12/h3-9,11,14,23H,10,18H2,1-2H3,(H,20,21)/p+1/t14-/m1/s1. The summed E-state index contributed by atoms with van der Waals surface area (Å²) in [5, 5.41) is 17.4. The van der Waals surface area contributed by atoms with Crippen LogP contribution < -0.4 is 16.0 Å². The number of aliphatic hydroxyl groups is 1. The zero-order valence-corrected chi connectivity index (χ0v) is 13.3. The van der Waals surface area contributed by atoms with Crippen LogP contribution >= 0.6 is 0 Å². The molecule has 120 valence electrons. The van der Waals surface area contributed by atoms with Gasteiger partial charge in [-0.15, -0.1) is 0 Å². The molecule has 0 unspecified atom stereocenters. The Labute approximate surface area is 135 Å². The van der Waals surface area contributed by atoms with Crippen molar-refractivity contribution in [1.82, 2.24) is 9.61 Å². The molecule has 1 aromatic carbocycles. The van der Waals surface area contributed by atoms with Gasteiger partial charge in [0.1, 0.15) is 6.20 Å². The molecule has 0 bridgehead atoms. The number of aromatic nitrogens is 3. The lowest BCUT2D eigenvalue weighted by Gasteiger charge is -2.19. The second-order valence-electron chi connectivity index (χ2n) is 5.99. The summed E-state index contributed by atoms with van der Waals surface area (Å²) in [5.74, 6) is 1.03. The van der Waals surface area contributed by atoms with Crippen molar-refractivity contribution in [2.24, 2.45) is 5.92 Å². The first-order valence-electron chi connectivity index (χ1n) is 7.72. The van der Waals surface area contributed by atoms with Crippen molar-refractivity contribution in [3.8, 4) is 11.3 Å². The second-order valence-corrected chi connectivity index (χ2v) is 5.99. The van der Waals surface area contributed by atoms with E-state index in [2.05, 4.69) is 29.2 Å². The highest BCUT2D eigenvalue weighted by atomic mass is 16.3. The van der Waals surface area contributed by atoms with Gasteiger partial charge in [0.15, 0.2) is 5.82 Å². The Morgan fingerprint density at radius 3 is 2.83 bits per heavy atom. The lowest BCUT2D eigenvalue weighted by atomic mass is 10.1. The summed E-state index contributed by atoms with van der Waals surface area (Å²) >= 11 is 0. The molecule has 23 heavy (non-hydrogen) atoms. The number of nitrogens with zero attached hydrogens (tertiary/aromatic N) is 2. The minimum absolute atomic E-state index is 0.0321. The highest BCUT2D eigenvalue weighted by Gasteiger charge is 2.18. The zero-order valence-electron chi connectivity index (χ0n) is 13.3. The van der Waals surface area contributed by atoms with Gasteiger partial charge in [-0.2, -0.15) is 0 Å². The van der Waals surface area contributed by atoms with E-state index in [0.29, 0.717) is 11.6 Å². The molecule has 0 aliphatic rings. The lowest BCUT2D eigenvalue weighted by molar-refractivity contribution is -0.343. The van der Waals surface area contributed by atoms with Gasteiger partial charge >= 0.3 is 5.65 Å². The predicted octanol–water partition coefficient (Wildman–Crippen LogP) is 1.83. The van der Waals surface area contributed by atoms with Crippen LogP contribution in [-0.2, 0) is 0 Å². The lowest BCUT2D eigenvalue weighted by Crippen LogP contribution is -2.30. The van der Waals surface area contributed by atoms with E-state index in [1.54, 1.807) is 0 Å². The third-order valence-corrected chi connectivity index (χ3v) is 3.94. The maximum absolute atomic E-state index is 9.48. The van der Waals surface area contributed by atoms with Crippen molar-refractivity contribution >= 4 is 17.2 Å². The first kappa shape index (κ1) is 15.3. The molecular formula is C17H22N5O+. The SMILES string of the molecule is CC(C)[C@@H](CO)Nc1ccc2[nH+]cc(-c3cccc(N)c3)n2n1. The molecule has 2 heterocycles. The van der Waals surface area contributed by atoms with Crippen LogP contribution in [0.25, 0.3) is 16.9 Å². The van der Waals surface area contributed by atoms with E-state index in [4.69, 9.17) is 5.73 Å². The van der Waals surface area contributed by atoms with Gasteiger partial charge < -0.3 is 16.2 Å². The number of aliphatic hydroxyl groups excluding tert-OH is 1. The third kappa shape index (κ3) is 3.12. The molecular weight excluding hydrogens is 290 g/mol. The molecule has 1 atom stereocenters. The molecule has 5 N–H and O–H groups in total. The van der Waals surface area contributed by atoms with Gasteiger partial charge in [-0.3, -0.25) is 0 Å². The van der Waals surface area contributed by atoms with E-state index in [1.807, 2.05) is 47.1 Å². The van der Waals surface area contributed by atoms with E-state index in [0.717, 1.165) is 22.7 Å². The molecule has 3 rings (SSSR count). The largest absolute Gasteiger partial charge is 0.399 e. The summed E-state index contributed by atoms with van der Waals surface area (Å²) in [5.41, 5.74) is 9.40. The number of anilines is 2. The van der Waals surface area contributed by atoms with Gasteiger partial charge in [-0.1, -0.05) is 35.6 Å². The summed E-state index contributed by atoms with van der Waals surface area (Å²) in [4.78, 5) is 3.21. The highest BCUT2D eigenvalue weighted by molar-refractivity contribution is 5.65. The molecule has 0 fully saturated rings. The average Bonchev–Trinajstić information content (AvgIpc) is 2.95. The van der Waals surface area contributed by atoms with Crippen LogP contribution in [-0.4, -0.2) is 27.4 Å². The molecule has 2 aromatic heterocycles. The number of nitrogen functional groups attached to an aromatic ring is 1. The monoisotopic (exact) mass is 312 g/mol. The Morgan fingerprint density at radius 1 is 1.30 bits per heavy atom. The van der Waals surface area contributed by atoms with Crippen molar-refractivity contribution in [2.45, 2.75) is 19.9 Å². The van der Waals surface area contributed by atoms with Gasteiger partial charge in [0, 0.05) is 17.3 Å². The Morgan fingerprint density at radius 2 is 2.13 bits per heavy atom. The summed E-state index contributed by atoms with van der Waals surface area (Å²) in [6.07, 6.45) is 1.91. The van der Waals surface area contributed by atoms with E-state index in [1.165, 1.54) is 0 Å². The summed E-state index contributed by atoms with van der Waals surface area (Å²) < 4.78 is 1.84. The summed E-state index contributed by atoms with van der Waals surface area (Å²) in [7, 11) is 0. The zero-order chi connectivity index (χ0) is 16.4. The average molecular weight is 312 g/mol. The van der Waals surface area contributed by atoms with E-state index < -0.39 is 0 Å². The van der Waals surface area contributed by atoms with Gasteiger partial charge in [-0.05, 0) is 24.1 Å². The Bertz CT molecular complexity index is 812. The fourth-order valence-electron chi connectivity index (χ4n) is 2.51. The Balaban J connectivity index is 2.00. The first-order valence-corrected chi connectivity index (χ1v) is 7.72.